The number of halogens is 3. The number of nitrogens with two attached hydrogens (primary N) is 1. The number of nitrogen functional groups attached to an aromatic ring is 1. The first-order valence-corrected chi connectivity index (χ1v) is 7.09. The molecule has 0 spiro atoms. The molecule has 0 saturated carbocycles. The number of hydrogen-bond acceptors (Lipinski definition) is 4. The zero-order valence-electron chi connectivity index (χ0n) is 11.6. The lowest BCUT2D eigenvalue weighted by molar-refractivity contribution is -0.119. The van der Waals surface area contributed by atoms with Gasteiger partial charge in [-0.3, -0.25) is 4.79 Å². The van der Waals surface area contributed by atoms with Gasteiger partial charge in [-0.2, -0.15) is 0 Å². The molecule has 2 aromatic rings. The van der Waals surface area contributed by atoms with Crippen LogP contribution in [0.1, 0.15) is 10.4 Å². The molecular formula is C15H11Cl2FN2O3. The highest BCUT2D eigenvalue weighted by Crippen LogP contribution is 2.20. The fraction of sp³-hybridized carbons (Fsp3) is 0.0667. The second-order valence-corrected chi connectivity index (χ2v) is 5.35. The molecule has 0 atom stereocenters. The Bertz CT molecular complexity index is 768. The van der Waals surface area contributed by atoms with Crippen LogP contribution in [0.5, 0.6) is 0 Å². The molecule has 0 aliphatic rings. The van der Waals surface area contributed by atoms with Crippen molar-refractivity contribution < 1.29 is 18.7 Å². The Balaban J connectivity index is 1.94. The molecule has 0 radical (unpaired) electrons. The zero-order valence-corrected chi connectivity index (χ0v) is 13.1. The van der Waals surface area contributed by atoms with Gasteiger partial charge in [0.15, 0.2) is 6.61 Å². The summed E-state index contributed by atoms with van der Waals surface area (Å²) in [6.07, 6.45) is 0. The maximum absolute atomic E-state index is 13.5. The topological polar surface area (TPSA) is 81.4 Å². The molecule has 0 aromatic heterocycles. The third kappa shape index (κ3) is 4.58. The van der Waals surface area contributed by atoms with E-state index in [4.69, 9.17) is 33.7 Å². The van der Waals surface area contributed by atoms with Crippen molar-refractivity contribution in [1.29, 1.82) is 0 Å². The summed E-state index contributed by atoms with van der Waals surface area (Å²) < 4.78 is 18.4. The summed E-state index contributed by atoms with van der Waals surface area (Å²) in [7, 11) is 0. The maximum atomic E-state index is 13.5. The van der Waals surface area contributed by atoms with Crippen LogP contribution in [0.2, 0.25) is 10.0 Å². The first-order valence-electron chi connectivity index (χ1n) is 6.34. The number of carbonyl (C=O) groups excluding carboxylic acids is 2. The number of esters is 1. The van der Waals surface area contributed by atoms with Gasteiger partial charge in [0.2, 0.25) is 0 Å². The van der Waals surface area contributed by atoms with E-state index in [1.165, 1.54) is 30.3 Å². The summed E-state index contributed by atoms with van der Waals surface area (Å²) in [5.41, 5.74) is 5.78. The monoisotopic (exact) mass is 356 g/mol. The summed E-state index contributed by atoms with van der Waals surface area (Å²) in [6.45, 7) is -0.594. The number of anilines is 2. The van der Waals surface area contributed by atoms with Crippen LogP contribution in [-0.4, -0.2) is 18.5 Å². The van der Waals surface area contributed by atoms with Gasteiger partial charge in [0.05, 0.1) is 11.3 Å². The number of carbonyl (C=O) groups is 2. The largest absolute Gasteiger partial charge is 0.452 e. The fourth-order valence-electron chi connectivity index (χ4n) is 1.71. The molecule has 0 bridgehead atoms. The van der Waals surface area contributed by atoms with E-state index < -0.39 is 24.3 Å². The third-order valence-corrected chi connectivity index (χ3v) is 3.24. The molecule has 0 unspecified atom stereocenters. The normalized spacial score (nSPS) is 10.2. The van der Waals surface area contributed by atoms with Crippen LogP contribution in [0.25, 0.3) is 0 Å². The van der Waals surface area contributed by atoms with Gasteiger partial charge >= 0.3 is 5.97 Å². The van der Waals surface area contributed by atoms with Gasteiger partial charge in [-0.1, -0.05) is 23.2 Å². The van der Waals surface area contributed by atoms with E-state index in [-0.39, 0.29) is 22.0 Å². The Kier molecular flexibility index (Phi) is 5.41. The maximum Gasteiger partial charge on any atom is 0.340 e. The molecular weight excluding hydrogens is 346 g/mol. The van der Waals surface area contributed by atoms with Crippen LogP contribution < -0.4 is 11.1 Å². The molecule has 5 nitrogen and oxygen atoms in total. The van der Waals surface area contributed by atoms with E-state index >= 15 is 0 Å². The minimum absolute atomic E-state index is 0.0681. The average molecular weight is 357 g/mol. The predicted octanol–water partition coefficient (Wildman–Crippen LogP) is 3.51. The predicted molar refractivity (Wildman–Crippen MR) is 86.2 cm³/mol. The van der Waals surface area contributed by atoms with E-state index in [0.717, 1.165) is 6.07 Å². The Morgan fingerprint density at radius 1 is 1.13 bits per heavy atom. The highest BCUT2D eigenvalue weighted by molar-refractivity contribution is 6.31. The van der Waals surface area contributed by atoms with Gasteiger partial charge in [-0.05, 0) is 36.4 Å². The van der Waals surface area contributed by atoms with E-state index in [0.29, 0.717) is 5.02 Å². The molecule has 0 fully saturated rings. The molecule has 1 amide bonds. The molecule has 0 saturated heterocycles. The summed E-state index contributed by atoms with van der Waals surface area (Å²) >= 11 is 11.3. The summed E-state index contributed by atoms with van der Waals surface area (Å²) in [5.74, 6) is -2.18. The number of benzene rings is 2. The van der Waals surface area contributed by atoms with Crippen molar-refractivity contribution in [1.82, 2.24) is 0 Å². The number of nitrogens with one attached hydrogen (secondary N) is 1. The van der Waals surface area contributed by atoms with E-state index in [1.54, 1.807) is 0 Å². The van der Waals surface area contributed by atoms with Crippen molar-refractivity contribution in [2.24, 2.45) is 0 Å². The smallest absolute Gasteiger partial charge is 0.340 e. The van der Waals surface area contributed by atoms with Gasteiger partial charge in [0, 0.05) is 15.7 Å². The van der Waals surface area contributed by atoms with Gasteiger partial charge in [0.1, 0.15) is 5.82 Å². The molecule has 0 aliphatic carbocycles. The quantitative estimate of drug-likeness (QED) is 0.648. The minimum atomic E-state index is -0.786. The first-order chi connectivity index (χ1) is 10.9. The van der Waals surface area contributed by atoms with E-state index in [9.17, 15) is 14.0 Å². The SMILES string of the molecule is Nc1cc(Cl)ccc1C(=O)OCC(=O)Nc1ccc(Cl)cc1F. The summed E-state index contributed by atoms with van der Waals surface area (Å²) in [5, 5.41) is 2.84. The average Bonchev–Trinajstić information content (AvgIpc) is 2.48. The van der Waals surface area contributed by atoms with Gasteiger partial charge in [-0.25, -0.2) is 9.18 Å². The Labute approximate surface area is 141 Å². The number of amides is 1. The molecule has 0 heterocycles. The van der Waals surface area contributed by atoms with E-state index in [1.807, 2.05) is 0 Å². The Hall–Kier alpha value is -2.31. The molecule has 120 valence electrons. The molecule has 23 heavy (non-hydrogen) atoms. The van der Waals surface area contributed by atoms with Crippen molar-refractivity contribution in [3.63, 3.8) is 0 Å². The van der Waals surface area contributed by atoms with Crippen molar-refractivity contribution in [2.45, 2.75) is 0 Å². The Morgan fingerprint density at radius 2 is 1.78 bits per heavy atom. The van der Waals surface area contributed by atoms with Gasteiger partial charge < -0.3 is 15.8 Å². The second kappa shape index (κ2) is 7.30. The lowest BCUT2D eigenvalue weighted by Crippen LogP contribution is -2.21. The van der Waals surface area contributed by atoms with Crippen molar-refractivity contribution in [2.75, 3.05) is 17.7 Å². The summed E-state index contributed by atoms with van der Waals surface area (Å²) in [4.78, 5) is 23.5. The zero-order chi connectivity index (χ0) is 17.0. The summed E-state index contributed by atoms with van der Waals surface area (Å²) in [6, 6.07) is 8.02. The number of hydrogen-bond donors (Lipinski definition) is 2. The van der Waals surface area contributed by atoms with Crippen LogP contribution in [-0.2, 0) is 9.53 Å². The highest BCUT2D eigenvalue weighted by Gasteiger charge is 2.14. The lowest BCUT2D eigenvalue weighted by Gasteiger charge is -2.09. The van der Waals surface area contributed by atoms with Gasteiger partial charge in [-0.15, -0.1) is 0 Å². The van der Waals surface area contributed by atoms with Gasteiger partial charge in [0.25, 0.3) is 5.91 Å². The third-order valence-electron chi connectivity index (χ3n) is 2.77. The Morgan fingerprint density at radius 3 is 2.43 bits per heavy atom. The van der Waals surface area contributed by atoms with Crippen molar-refractivity contribution in [3.8, 4) is 0 Å². The van der Waals surface area contributed by atoms with Crippen LogP contribution in [0.3, 0.4) is 0 Å². The molecule has 0 aliphatic heterocycles. The highest BCUT2D eigenvalue weighted by atomic mass is 35.5. The standard InChI is InChI=1S/C15H11Cl2FN2O3/c16-8-2-4-13(11(18)5-8)20-14(21)7-23-15(22)10-3-1-9(17)6-12(10)19/h1-6H,7,19H2,(H,20,21). The van der Waals surface area contributed by atoms with E-state index in [2.05, 4.69) is 5.32 Å². The van der Waals surface area contributed by atoms with Crippen molar-refractivity contribution in [3.05, 3.63) is 57.8 Å². The van der Waals surface area contributed by atoms with Crippen LogP contribution in [0.15, 0.2) is 36.4 Å². The van der Waals surface area contributed by atoms with Crippen LogP contribution >= 0.6 is 23.2 Å². The lowest BCUT2D eigenvalue weighted by atomic mass is 10.2. The van der Waals surface area contributed by atoms with Crippen LogP contribution in [0.4, 0.5) is 15.8 Å². The second-order valence-electron chi connectivity index (χ2n) is 4.48. The van der Waals surface area contributed by atoms with Crippen molar-refractivity contribution >= 4 is 46.5 Å². The first kappa shape index (κ1) is 17.1. The van der Waals surface area contributed by atoms with Crippen LogP contribution in [0, 0.1) is 5.82 Å². The number of rotatable bonds is 4. The molecule has 8 heteroatoms. The number of ether oxygens (including phenoxy) is 1. The minimum Gasteiger partial charge on any atom is -0.452 e. The molecule has 2 rings (SSSR count). The fourth-order valence-corrected chi connectivity index (χ4v) is 2.04. The molecule has 3 N–H and O–H groups in total. The molecule has 2 aromatic carbocycles.